The molecular formula is C5H9OS. The molecule has 0 bridgehead atoms. The van der Waals surface area contributed by atoms with Crippen LogP contribution < -0.4 is 0 Å². The number of hydrogen-bond acceptors (Lipinski definition) is 1. The van der Waals surface area contributed by atoms with Gasteiger partial charge in [0, 0.05) is 6.42 Å². The average Bonchev–Trinajstić information content (AvgIpc) is 1.65. The summed E-state index contributed by atoms with van der Waals surface area (Å²) >= 11 is -0.492. The van der Waals surface area contributed by atoms with Crippen molar-refractivity contribution in [2.24, 2.45) is 0 Å². The third-order valence-corrected chi connectivity index (χ3v) is 3.19. The van der Waals surface area contributed by atoms with Gasteiger partial charge in [-0.2, -0.15) is 0 Å². The predicted octanol–water partition coefficient (Wildman–Crippen LogP) is 0.732. The van der Waals surface area contributed by atoms with Crippen molar-refractivity contribution in [2.75, 3.05) is 5.75 Å². The Labute approximate surface area is 47.3 Å². The molecule has 1 heterocycles. The Kier molecular flexibility index (Phi) is 1.60. The maximum Gasteiger partial charge on any atom is 0.120 e. The summed E-state index contributed by atoms with van der Waals surface area (Å²) in [6.07, 6.45) is 1.99. The van der Waals surface area contributed by atoms with E-state index in [1.807, 2.05) is 0 Å². The van der Waals surface area contributed by atoms with Crippen LogP contribution in [-0.4, -0.2) is 15.6 Å². The summed E-state index contributed by atoms with van der Waals surface area (Å²) in [4.78, 5) is 0. The fourth-order valence-corrected chi connectivity index (χ4v) is 1.68. The summed E-state index contributed by atoms with van der Waals surface area (Å²) in [7, 11) is 0. The second-order valence-electron chi connectivity index (χ2n) is 1.78. The van der Waals surface area contributed by atoms with Gasteiger partial charge in [0.2, 0.25) is 0 Å². The maximum absolute atomic E-state index is 10.5. The van der Waals surface area contributed by atoms with Gasteiger partial charge in [0.15, 0.2) is 0 Å². The molecule has 2 unspecified atom stereocenters. The number of rotatable bonds is 1. The van der Waals surface area contributed by atoms with Crippen molar-refractivity contribution in [3.63, 3.8) is 0 Å². The standard InChI is InChI=1S/C5H9OS/c1-2-5-3-4-7(5)6/h5H,1-4H2. The lowest BCUT2D eigenvalue weighted by molar-refractivity contribution is 0.547. The van der Waals surface area contributed by atoms with Gasteiger partial charge >= 0.3 is 0 Å². The maximum atomic E-state index is 10.5. The quantitative estimate of drug-likeness (QED) is 0.464. The van der Waals surface area contributed by atoms with Crippen LogP contribution >= 0.6 is 0 Å². The molecule has 1 rings (SSSR count). The Morgan fingerprint density at radius 1 is 1.86 bits per heavy atom. The van der Waals surface area contributed by atoms with Crippen LogP contribution in [-0.2, 0) is 11.2 Å². The molecule has 1 saturated heterocycles. The number of hydrogen-bond donors (Lipinski definition) is 0. The third kappa shape index (κ3) is 0.916. The monoisotopic (exact) mass is 117 g/mol. The molecule has 0 aromatic heterocycles. The summed E-state index contributed by atoms with van der Waals surface area (Å²) in [6.45, 7) is 3.67. The van der Waals surface area contributed by atoms with E-state index in [4.69, 9.17) is 0 Å². The lowest BCUT2D eigenvalue weighted by Gasteiger charge is -2.28. The first-order chi connectivity index (χ1) is 3.34. The van der Waals surface area contributed by atoms with Crippen molar-refractivity contribution in [3.8, 4) is 0 Å². The molecule has 0 spiro atoms. The van der Waals surface area contributed by atoms with Gasteiger partial charge < -0.3 is 4.55 Å². The first kappa shape index (κ1) is 5.45. The summed E-state index contributed by atoms with van der Waals surface area (Å²) in [6, 6.07) is 0. The Balaban J connectivity index is 2.16. The van der Waals surface area contributed by atoms with E-state index in [9.17, 15) is 4.55 Å². The molecule has 2 atom stereocenters. The molecule has 1 fully saturated rings. The smallest absolute Gasteiger partial charge is 0.120 e. The summed E-state index contributed by atoms with van der Waals surface area (Å²) < 4.78 is 10.5. The van der Waals surface area contributed by atoms with Gasteiger partial charge in [-0.3, -0.25) is 0 Å². The summed E-state index contributed by atoms with van der Waals surface area (Å²) in [5.41, 5.74) is 0. The van der Waals surface area contributed by atoms with Crippen LogP contribution in [0.2, 0.25) is 0 Å². The molecule has 1 aliphatic heterocycles. The minimum Gasteiger partial charge on any atom is -0.616 e. The van der Waals surface area contributed by atoms with Gasteiger partial charge in [0.25, 0.3) is 0 Å². The van der Waals surface area contributed by atoms with Gasteiger partial charge in [0.1, 0.15) is 11.0 Å². The Morgan fingerprint density at radius 2 is 2.57 bits per heavy atom. The van der Waals surface area contributed by atoms with Crippen molar-refractivity contribution in [1.82, 2.24) is 0 Å². The molecule has 0 aromatic rings. The van der Waals surface area contributed by atoms with Crippen molar-refractivity contribution in [2.45, 2.75) is 18.1 Å². The van der Waals surface area contributed by atoms with Crippen molar-refractivity contribution < 1.29 is 4.55 Å². The summed E-state index contributed by atoms with van der Waals surface area (Å²) in [5, 5.41) is 0.444. The van der Waals surface area contributed by atoms with Crippen molar-refractivity contribution >= 4 is 11.2 Å². The highest BCUT2D eigenvalue weighted by molar-refractivity contribution is 7.93. The zero-order valence-corrected chi connectivity index (χ0v) is 5.04. The van der Waals surface area contributed by atoms with Crippen LogP contribution in [0, 0.1) is 6.92 Å². The molecule has 1 nitrogen and oxygen atoms in total. The first-order valence-corrected chi connectivity index (χ1v) is 3.89. The summed E-state index contributed by atoms with van der Waals surface area (Å²) in [5.74, 6) is 0.917. The first-order valence-electron chi connectivity index (χ1n) is 2.51. The van der Waals surface area contributed by atoms with Crippen LogP contribution in [0.1, 0.15) is 12.8 Å². The Morgan fingerprint density at radius 3 is 2.57 bits per heavy atom. The largest absolute Gasteiger partial charge is 0.616 e. The highest BCUT2D eigenvalue weighted by Gasteiger charge is 2.30. The SMILES string of the molecule is [CH2]CC1CC[S+]1[O-]. The molecule has 1 aliphatic rings. The highest BCUT2D eigenvalue weighted by atomic mass is 32.2. The fourth-order valence-electron chi connectivity index (χ4n) is 0.657. The zero-order valence-electron chi connectivity index (χ0n) is 4.22. The van der Waals surface area contributed by atoms with Gasteiger partial charge in [-0.15, -0.1) is 0 Å². The molecule has 7 heavy (non-hydrogen) atoms. The van der Waals surface area contributed by atoms with E-state index in [0.29, 0.717) is 5.25 Å². The van der Waals surface area contributed by atoms with Gasteiger partial charge in [0.05, 0.1) is 0 Å². The normalized spacial score (nSPS) is 40.3. The van der Waals surface area contributed by atoms with Crippen LogP contribution in [0.3, 0.4) is 0 Å². The van der Waals surface area contributed by atoms with Gasteiger partial charge in [-0.05, 0) is 13.3 Å². The molecule has 0 N–H and O–H groups in total. The molecule has 0 amide bonds. The minimum atomic E-state index is -0.492. The van der Waals surface area contributed by atoms with E-state index < -0.39 is 11.2 Å². The predicted molar refractivity (Wildman–Crippen MR) is 31.4 cm³/mol. The topological polar surface area (TPSA) is 23.1 Å². The van der Waals surface area contributed by atoms with Crippen molar-refractivity contribution in [3.05, 3.63) is 6.92 Å². The molecule has 41 valence electrons. The van der Waals surface area contributed by atoms with Crippen LogP contribution in [0.25, 0.3) is 0 Å². The second-order valence-corrected chi connectivity index (χ2v) is 3.62. The van der Waals surface area contributed by atoms with Crippen molar-refractivity contribution in [1.29, 1.82) is 0 Å². The second kappa shape index (κ2) is 2.05. The van der Waals surface area contributed by atoms with Crippen LogP contribution in [0.5, 0.6) is 0 Å². The molecular weight excluding hydrogens is 108 g/mol. The van der Waals surface area contributed by atoms with Gasteiger partial charge in [-0.1, -0.05) is 11.2 Å². The average molecular weight is 117 g/mol. The van der Waals surface area contributed by atoms with E-state index in [1.54, 1.807) is 0 Å². The molecule has 0 saturated carbocycles. The van der Waals surface area contributed by atoms with Gasteiger partial charge in [-0.25, -0.2) is 0 Å². The Hall–Kier alpha value is 0.310. The lowest BCUT2D eigenvalue weighted by Crippen LogP contribution is -2.35. The molecule has 1 radical (unpaired) electrons. The van der Waals surface area contributed by atoms with Crippen LogP contribution in [0.4, 0.5) is 0 Å². The van der Waals surface area contributed by atoms with E-state index in [2.05, 4.69) is 6.92 Å². The molecule has 0 aromatic carbocycles. The fraction of sp³-hybridized carbons (Fsp3) is 0.800. The highest BCUT2D eigenvalue weighted by Crippen LogP contribution is 2.22. The van der Waals surface area contributed by atoms with Crippen LogP contribution in [0.15, 0.2) is 0 Å². The van der Waals surface area contributed by atoms with E-state index in [0.717, 1.165) is 18.6 Å². The van der Waals surface area contributed by atoms with E-state index in [1.165, 1.54) is 0 Å². The lowest BCUT2D eigenvalue weighted by atomic mass is 10.2. The molecule has 0 aliphatic carbocycles. The van der Waals surface area contributed by atoms with E-state index >= 15 is 0 Å². The van der Waals surface area contributed by atoms with E-state index in [-0.39, 0.29) is 0 Å². The zero-order chi connectivity index (χ0) is 5.28. The minimum absolute atomic E-state index is 0.444. The Bertz CT molecular complexity index is 63.1. The molecule has 2 heteroatoms. The third-order valence-electron chi connectivity index (χ3n) is 1.33.